The Kier molecular flexibility index (Phi) is 4.67. The predicted molar refractivity (Wildman–Crippen MR) is 86.9 cm³/mol. The summed E-state index contributed by atoms with van der Waals surface area (Å²) in [7, 11) is 0. The quantitative estimate of drug-likeness (QED) is 0.840. The van der Waals surface area contributed by atoms with Gasteiger partial charge in [-0.15, -0.1) is 0 Å². The number of rotatable bonds is 3. The van der Waals surface area contributed by atoms with Gasteiger partial charge < -0.3 is 10.2 Å². The number of carbonyl (C=O) groups excluding carboxylic acids is 2. The topological polar surface area (TPSA) is 49.4 Å². The fourth-order valence-corrected chi connectivity index (χ4v) is 2.86. The highest BCUT2D eigenvalue weighted by atomic mass is 19.4. The van der Waals surface area contributed by atoms with E-state index >= 15 is 0 Å². The molecule has 2 aromatic carbocycles. The highest BCUT2D eigenvalue weighted by Gasteiger charge is 2.40. The minimum atomic E-state index is -4.62. The number of alkyl halides is 3. The summed E-state index contributed by atoms with van der Waals surface area (Å²) >= 11 is 0. The third-order valence-electron chi connectivity index (χ3n) is 4.13. The molecule has 1 unspecified atom stereocenters. The number of para-hydroxylation sites is 2. The van der Waals surface area contributed by atoms with Crippen LogP contribution in [0.5, 0.6) is 0 Å². The summed E-state index contributed by atoms with van der Waals surface area (Å²) < 4.78 is 53.1. The molecular weight excluding hydrogens is 352 g/mol. The van der Waals surface area contributed by atoms with Crippen molar-refractivity contribution >= 4 is 23.2 Å². The average molecular weight is 366 g/mol. The van der Waals surface area contributed by atoms with Crippen molar-refractivity contribution in [2.75, 3.05) is 16.8 Å². The first-order chi connectivity index (χ1) is 12.3. The van der Waals surface area contributed by atoms with E-state index in [9.17, 15) is 27.2 Å². The van der Waals surface area contributed by atoms with Gasteiger partial charge in [-0.2, -0.15) is 13.2 Å². The number of nitrogens with one attached hydrogen (secondary N) is 1. The summed E-state index contributed by atoms with van der Waals surface area (Å²) in [5, 5.41) is 2.37. The molecule has 2 amide bonds. The fraction of sp³-hybridized carbons (Fsp3) is 0.222. The molecule has 0 aliphatic carbocycles. The van der Waals surface area contributed by atoms with E-state index in [1.165, 1.54) is 42.5 Å². The molecule has 3 rings (SSSR count). The minimum absolute atomic E-state index is 0.0425. The summed E-state index contributed by atoms with van der Waals surface area (Å²) in [5.74, 6) is -2.71. The second-order valence-electron chi connectivity index (χ2n) is 5.89. The van der Waals surface area contributed by atoms with E-state index in [1.54, 1.807) is 0 Å². The Bertz CT molecular complexity index is 851. The van der Waals surface area contributed by atoms with Gasteiger partial charge in [0.05, 0.1) is 22.9 Å². The number of carbonyl (C=O) groups is 2. The summed E-state index contributed by atoms with van der Waals surface area (Å²) in [6.45, 7) is -0.202. The van der Waals surface area contributed by atoms with Crippen molar-refractivity contribution in [3.8, 4) is 0 Å². The number of amides is 2. The van der Waals surface area contributed by atoms with Crippen LogP contribution in [0, 0.1) is 11.7 Å². The van der Waals surface area contributed by atoms with Gasteiger partial charge >= 0.3 is 6.18 Å². The number of nitrogens with zero attached hydrogens (tertiary/aromatic N) is 1. The zero-order chi connectivity index (χ0) is 18.9. The Hall–Kier alpha value is -2.90. The van der Waals surface area contributed by atoms with Crippen LogP contribution in [-0.2, 0) is 15.8 Å². The first-order valence-corrected chi connectivity index (χ1v) is 7.79. The van der Waals surface area contributed by atoms with Gasteiger partial charge in [0.15, 0.2) is 0 Å². The molecule has 1 fully saturated rings. The van der Waals surface area contributed by atoms with Gasteiger partial charge in [0.2, 0.25) is 11.8 Å². The first-order valence-electron chi connectivity index (χ1n) is 7.79. The van der Waals surface area contributed by atoms with Gasteiger partial charge in [-0.1, -0.05) is 24.3 Å². The summed E-state index contributed by atoms with van der Waals surface area (Å²) in [4.78, 5) is 25.4. The van der Waals surface area contributed by atoms with Crippen molar-refractivity contribution in [1.82, 2.24) is 0 Å². The maximum atomic E-state index is 13.6. The van der Waals surface area contributed by atoms with E-state index in [4.69, 9.17) is 0 Å². The number of hydrogen-bond acceptors (Lipinski definition) is 2. The molecule has 26 heavy (non-hydrogen) atoms. The van der Waals surface area contributed by atoms with Crippen molar-refractivity contribution in [2.24, 2.45) is 5.92 Å². The maximum Gasteiger partial charge on any atom is 0.418 e. The predicted octanol–water partition coefficient (Wildman–Crippen LogP) is 3.84. The van der Waals surface area contributed by atoms with Gasteiger partial charge in [0.25, 0.3) is 0 Å². The Morgan fingerprint density at radius 2 is 1.73 bits per heavy atom. The van der Waals surface area contributed by atoms with Crippen molar-refractivity contribution in [3.05, 3.63) is 59.9 Å². The van der Waals surface area contributed by atoms with Crippen LogP contribution >= 0.6 is 0 Å². The molecule has 1 heterocycles. The second kappa shape index (κ2) is 6.78. The number of benzene rings is 2. The lowest BCUT2D eigenvalue weighted by atomic mass is 10.1. The van der Waals surface area contributed by atoms with Crippen molar-refractivity contribution in [1.29, 1.82) is 0 Å². The van der Waals surface area contributed by atoms with Crippen LogP contribution in [-0.4, -0.2) is 18.4 Å². The molecule has 2 aromatic rings. The van der Waals surface area contributed by atoms with E-state index in [1.807, 2.05) is 0 Å². The molecule has 0 radical (unpaired) electrons. The highest BCUT2D eigenvalue weighted by Crippen LogP contribution is 2.38. The second-order valence-corrected chi connectivity index (χ2v) is 5.89. The van der Waals surface area contributed by atoms with Crippen molar-refractivity contribution in [3.63, 3.8) is 0 Å². The molecule has 0 saturated carbocycles. The highest BCUT2D eigenvalue weighted by molar-refractivity contribution is 6.03. The average Bonchev–Trinajstić information content (AvgIpc) is 2.98. The third kappa shape index (κ3) is 3.54. The molecule has 0 spiro atoms. The summed E-state index contributed by atoms with van der Waals surface area (Å²) in [6.07, 6.45) is -4.86. The molecule has 1 N–H and O–H groups in total. The van der Waals surface area contributed by atoms with Crippen molar-refractivity contribution < 1.29 is 27.2 Å². The third-order valence-corrected chi connectivity index (χ3v) is 4.13. The van der Waals surface area contributed by atoms with Crippen LogP contribution in [0.4, 0.5) is 28.9 Å². The molecule has 136 valence electrons. The lowest BCUT2D eigenvalue weighted by molar-refractivity contribution is -0.137. The Balaban J connectivity index is 1.80. The van der Waals surface area contributed by atoms with Gasteiger partial charge in [0, 0.05) is 13.0 Å². The van der Waals surface area contributed by atoms with Gasteiger partial charge in [-0.3, -0.25) is 9.59 Å². The fourth-order valence-electron chi connectivity index (χ4n) is 2.86. The standard InChI is InChI=1S/C18H14F4N2O2/c19-13-6-2-3-7-14(13)23-17(26)11-9-16(25)24(10-11)15-8-4-1-5-12(15)18(20,21)22/h1-8,11H,9-10H2,(H,23,26). The number of hydrogen-bond donors (Lipinski definition) is 1. The van der Waals surface area contributed by atoms with Gasteiger partial charge in [0.1, 0.15) is 5.82 Å². The zero-order valence-corrected chi connectivity index (χ0v) is 13.4. The molecule has 1 aliphatic rings. The van der Waals surface area contributed by atoms with Crippen LogP contribution in [0.2, 0.25) is 0 Å². The lowest BCUT2D eigenvalue weighted by Gasteiger charge is -2.21. The van der Waals surface area contributed by atoms with E-state index in [0.717, 1.165) is 11.0 Å². The smallest absolute Gasteiger partial charge is 0.323 e. The Morgan fingerprint density at radius 3 is 2.42 bits per heavy atom. The van der Waals surface area contributed by atoms with Crippen molar-refractivity contribution in [2.45, 2.75) is 12.6 Å². The largest absolute Gasteiger partial charge is 0.418 e. The molecule has 1 atom stereocenters. The van der Waals surface area contributed by atoms with Gasteiger partial charge in [-0.25, -0.2) is 4.39 Å². The van der Waals surface area contributed by atoms with Gasteiger partial charge in [-0.05, 0) is 24.3 Å². The molecule has 1 saturated heterocycles. The van der Waals surface area contributed by atoms with E-state index < -0.39 is 35.3 Å². The SMILES string of the molecule is O=C(Nc1ccccc1F)C1CC(=O)N(c2ccccc2C(F)(F)F)C1. The summed E-state index contributed by atoms with van der Waals surface area (Å²) in [5.41, 5.74) is -1.27. The maximum absolute atomic E-state index is 13.6. The molecule has 0 aromatic heterocycles. The molecule has 1 aliphatic heterocycles. The number of anilines is 2. The minimum Gasteiger partial charge on any atom is -0.323 e. The van der Waals surface area contributed by atoms with Crippen LogP contribution < -0.4 is 10.2 Å². The Morgan fingerprint density at radius 1 is 1.08 bits per heavy atom. The monoisotopic (exact) mass is 366 g/mol. The van der Waals surface area contributed by atoms with Crippen LogP contribution in [0.15, 0.2) is 48.5 Å². The zero-order valence-electron chi connectivity index (χ0n) is 13.4. The van der Waals surface area contributed by atoms with Crippen LogP contribution in [0.25, 0.3) is 0 Å². The lowest BCUT2D eigenvalue weighted by Crippen LogP contribution is -2.29. The normalized spacial score (nSPS) is 17.5. The van der Waals surface area contributed by atoms with E-state index in [-0.39, 0.29) is 24.3 Å². The Labute approximate surface area is 146 Å². The molecule has 0 bridgehead atoms. The van der Waals surface area contributed by atoms with E-state index in [2.05, 4.69) is 5.32 Å². The van der Waals surface area contributed by atoms with Crippen LogP contribution in [0.3, 0.4) is 0 Å². The van der Waals surface area contributed by atoms with E-state index in [0.29, 0.717) is 0 Å². The molecular formula is C18H14F4N2O2. The number of halogens is 4. The molecule has 4 nitrogen and oxygen atoms in total. The summed E-state index contributed by atoms with van der Waals surface area (Å²) in [6, 6.07) is 10.2. The first kappa shape index (κ1) is 17.9. The molecule has 8 heteroatoms. The van der Waals surface area contributed by atoms with Crippen LogP contribution in [0.1, 0.15) is 12.0 Å².